The molecule has 0 aliphatic heterocycles. The Morgan fingerprint density at radius 1 is 1.47 bits per heavy atom. The predicted molar refractivity (Wildman–Crippen MR) is 70.2 cm³/mol. The average molecular weight is 248 g/mol. The molecule has 0 aliphatic rings. The summed E-state index contributed by atoms with van der Waals surface area (Å²) in [6.45, 7) is 4.46. The summed E-state index contributed by atoms with van der Waals surface area (Å²) in [5.74, 6) is 0.840. The minimum absolute atomic E-state index is 0.0284. The van der Waals surface area contributed by atoms with Crippen LogP contribution >= 0.6 is 11.3 Å². The second kappa shape index (κ2) is 5.29. The Balaban J connectivity index is 2.01. The molecule has 0 fully saturated rings. The van der Waals surface area contributed by atoms with Crippen LogP contribution in [-0.4, -0.2) is 4.98 Å². The molecule has 2 aromatic rings. The zero-order valence-electron chi connectivity index (χ0n) is 10.0. The van der Waals surface area contributed by atoms with Crippen LogP contribution in [-0.2, 0) is 6.61 Å². The van der Waals surface area contributed by atoms with Crippen LogP contribution in [0.2, 0.25) is 0 Å². The Bertz CT molecular complexity index is 494. The van der Waals surface area contributed by atoms with Crippen LogP contribution in [0.15, 0.2) is 29.6 Å². The normalized spacial score (nSPS) is 12.4. The van der Waals surface area contributed by atoms with Crippen molar-refractivity contribution in [2.24, 2.45) is 5.73 Å². The van der Waals surface area contributed by atoms with Gasteiger partial charge in [-0.1, -0.05) is 12.1 Å². The van der Waals surface area contributed by atoms with Crippen LogP contribution < -0.4 is 10.5 Å². The van der Waals surface area contributed by atoms with Gasteiger partial charge in [-0.2, -0.15) is 0 Å². The van der Waals surface area contributed by atoms with Gasteiger partial charge in [0, 0.05) is 17.1 Å². The molecular weight excluding hydrogens is 232 g/mol. The highest BCUT2D eigenvalue weighted by molar-refractivity contribution is 7.09. The number of hydrogen-bond acceptors (Lipinski definition) is 4. The van der Waals surface area contributed by atoms with E-state index >= 15 is 0 Å². The molecule has 0 radical (unpaired) electrons. The van der Waals surface area contributed by atoms with Crippen LogP contribution in [0.5, 0.6) is 5.75 Å². The topological polar surface area (TPSA) is 48.1 Å². The third-order valence-electron chi connectivity index (χ3n) is 2.41. The Morgan fingerprint density at radius 2 is 2.29 bits per heavy atom. The highest BCUT2D eigenvalue weighted by Gasteiger charge is 2.03. The standard InChI is InChI=1S/C13H16N2OS/c1-9-8-17-13(15-9)7-16-12-5-3-4-11(6-12)10(2)14/h3-6,8,10H,7,14H2,1-2H3. The van der Waals surface area contributed by atoms with Crippen molar-refractivity contribution in [3.05, 3.63) is 45.9 Å². The number of rotatable bonds is 4. The number of hydrogen-bond donors (Lipinski definition) is 1. The molecule has 1 atom stereocenters. The van der Waals surface area contributed by atoms with E-state index in [9.17, 15) is 0 Å². The van der Waals surface area contributed by atoms with Crippen molar-refractivity contribution in [2.75, 3.05) is 0 Å². The third-order valence-corrected chi connectivity index (χ3v) is 3.35. The fraction of sp³-hybridized carbons (Fsp3) is 0.308. The fourth-order valence-corrected chi connectivity index (χ4v) is 2.18. The monoisotopic (exact) mass is 248 g/mol. The highest BCUT2D eigenvalue weighted by atomic mass is 32.1. The lowest BCUT2D eigenvalue weighted by atomic mass is 10.1. The van der Waals surface area contributed by atoms with Crippen molar-refractivity contribution in [2.45, 2.75) is 26.5 Å². The van der Waals surface area contributed by atoms with E-state index in [1.54, 1.807) is 11.3 Å². The van der Waals surface area contributed by atoms with E-state index in [1.165, 1.54) is 0 Å². The van der Waals surface area contributed by atoms with E-state index in [-0.39, 0.29) is 6.04 Å². The van der Waals surface area contributed by atoms with E-state index in [0.717, 1.165) is 22.0 Å². The second-order valence-corrected chi connectivity index (χ2v) is 4.98. The Hall–Kier alpha value is -1.39. The van der Waals surface area contributed by atoms with Crippen molar-refractivity contribution in [1.82, 2.24) is 4.98 Å². The molecule has 2 rings (SSSR count). The smallest absolute Gasteiger partial charge is 0.140 e. The van der Waals surface area contributed by atoms with Crippen molar-refractivity contribution >= 4 is 11.3 Å². The first-order valence-electron chi connectivity index (χ1n) is 5.54. The van der Waals surface area contributed by atoms with E-state index in [4.69, 9.17) is 10.5 Å². The van der Waals surface area contributed by atoms with E-state index in [1.807, 2.05) is 43.5 Å². The quantitative estimate of drug-likeness (QED) is 0.904. The third kappa shape index (κ3) is 3.28. The van der Waals surface area contributed by atoms with Gasteiger partial charge < -0.3 is 10.5 Å². The van der Waals surface area contributed by atoms with Gasteiger partial charge in [-0.15, -0.1) is 11.3 Å². The molecule has 0 aliphatic carbocycles. The molecule has 90 valence electrons. The van der Waals surface area contributed by atoms with Gasteiger partial charge in [0.1, 0.15) is 17.4 Å². The van der Waals surface area contributed by atoms with Gasteiger partial charge in [0.05, 0.1) is 0 Å². The zero-order valence-corrected chi connectivity index (χ0v) is 10.8. The molecule has 2 N–H and O–H groups in total. The number of benzene rings is 1. The average Bonchev–Trinajstić information content (AvgIpc) is 2.73. The number of aryl methyl sites for hydroxylation is 1. The summed E-state index contributed by atoms with van der Waals surface area (Å²) in [6, 6.07) is 7.91. The van der Waals surface area contributed by atoms with Crippen molar-refractivity contribution in [3.8, 4) is 5.75 Å². The number of nitrogens with zero attached hydrogens (tertiary/aromatic N) is 1. The summed E-state index contributed by atoms with van der Waals surface area (Å²) in [7, 11) is 0. The summed E-state index contributed by atoms with van der Waals surface area (Å²) < 4.78 is 5.69. The minimum atomic E-state index is 0.0284. The lowest BCUT2D eigenvalue weighted by molar-refractivity contribution is 0.305. The molecule has 1 heterocycles. The van der Waals surface area contributed by atoms with E-state index < -0.39 is 0 Å². The molecule has 1 aromatic carbocycles. The van der Waals surface area contributed by atoms with Gasteiger partial charge in [-0.05, 0) is 31.5 Å². The molecule has 1 aromatic heterocycles. The fourth-order valence-electron chi connectivity index (χ4n) is 1.50. The molecule has 3 nitrogen and oxygen atoms in total. The first-order valence-corrected chi connectivity index (χ1v) is 6.42. The summed E-state index contributed by atoms with van der Waals surface area (Å²) in [4.78, 5) is 4.35. The molecule has 0 saturated carbocycles. The lowest BCUT2D eigenvalue weighted by Crippen LogP contribution is -2.05. The number of aromatic nitrogens is 1. The Morgan fingerprint density at radius 3 is 2.94 bits per heavy atom. The van der Waals surface area contributed by atoms with Crippen molar-refractivity contribution in [1.29, 1.82) is 0 Å². The summed E-state index contributed by atoms with van der Waals surface area (Å²) in [5.41, 5.74) is 7.95. The van der Waals surface area contributed by atoms with Crippen molar-refractivity contribution in [3.63, 3.8) is 0 Å². The highest BCUT2D eigenvalue weighted by Crippen LogP contribution is 2.19. The number of ether oxygens (including phenoxy) is 1. The molecule has 17 heavy (non-hydrogen) atoms. The summed E-state index contributed by atoms with van der Waals surface area (Å²) in [6.07, 6.45) is 0. The number of nitrogens with two attached hydrogens (primary N) is 1. The first kappa shape index (κ1) is 12.1. The number of thiazole rings is 1. The van der Waals surface area contributed by atoms with Crippen LogP contribution in [0.3, 0.4) is 0 Å². The second-order valence-electron chi connectivity index (χ2n) is 4.03. The van der Waals surface area contributed by atoms with Gasteiger partial charge in [-0.3, -0.25) is 0 Å². The predicted octanol–water partition coefficient (Wildman–Crippen LogP) is 3.05. The molecule has 0 saturated heterocycles. The van der Waals surface area contributed by atoms with Crippen LogP contribution in [0.25, 0.3) is 0 Å². The summed E-state index contributed by atoms with van der Waals surface area (Å²) in [5, 5.41) is 3.02. The van der Waals surface area contributed by atoms with Crippen molar-refractivity contribution < 1.29 is 4.74 Å². The SMILES string of the molecule is Cc1csc(COc2cccc(C(C)N)c2)n1. The molecule has 0 amide bonds. The molecular formula is C13H16N2OS. The lowest BCUT2D eigenvalue weighted by Gasteiger charge is -2.08. The molecule has 4 heteroatoms. The maximum absolute atomic E-state index is 5.83. The maximum atomic E-state index is 5.83. The Kier molecular flexibility index (Phi) is 3.76. The van der Waals surface area contributed by atoms with E-state index in [0.29, 0.717) is 6.61 Å². The van der Waals surface area contributed by atoms with Gasteiger partial charge in [0.15, 0.2) is 0 Å². The van der Waals surface area contributed by atoms with Gasteiger partial charge >= 0.3 is 0 Å². The molecule has 1 unspecified atom stereocenters. The van der Waals surface area contributed by atoms with Crippen LogP contribution in [0.1, 0.15) is 29.2 Å². The minimum Gasteiger partial charge on any atom is -0.486 e. The zero-order chi connectivity index (χ0) is 12.3. The van der Waals surface area contributed by atoms with E-state index in [2.05, 4.69) is 4.98 Å². The van der Waals surface area contributed by atoms with Crippen LogP contribution in [0, 0.1) is 6.92 Å². The molecule has 0 spiro atoms. The van der Waals surface area contributed by atoms with Gasteiger partial charge in [0.25, 0.3) is 0 Å². The first-order chi connectivity index (χ1) is 8.15. The maximum Gasteiger partial charge on any atom is 0.140 e. The largest absolute Gasteiger partial charge is 0.486 e. The van der Waals surface area contributed by atoms with Gasteiger partial charge in [-0.25, -0.2) is 4.98 Å². The van der Waals surface area contributed by atoms with Crippen LogP contribution in [0.4, 0.5) is 0 Å². The summed E-state index contributed by atoms with van der Waals surface area (Å²) >= 11 is 1.62. The Labute approximate surface area is 105 Å². The van der Waals surface area contributed by atoms with Gasteiger partial charge in [0.2, 0.25) is 0 Å². The molecule has 0 bridgehead atoms.